The summed E-state index contributed by atoms with van der Waals surface area (Å²) in [5.74, 6) is 0.0788. The second-order valence-electron chi connectivity index (χ2n) is 5.55. The molecule has 0 aliphatic carbocycles. The average molecular weight is 320 g/mol. The van der Waals surface area contributed by atoms with Crippen LogP contribution in [-0.2, 0) is 11.3 Å². The quantitative estimate of drug-likeness (QED) is 0.728. The van der Waals surface area contributed by atoms with Gasteiger partial charge in [-0.15, -0.1) is 0 Å². The van der Waals surface area contributed by atoms with Gasteiger partial charge in [-0.1, -0.05) is 60.7 Å². The summed E-state index contributed by atoms with van der Waals surface area (Å²) in [7, 11) is 0. The summed E-state index contributed by atoms with van der Waals surface area (Å²) < 4.78 is 0. The molecule has 0 aliphatic rings. The summed E-state index contributed by atoms with van der Waals surface area (Å²) in [5.41, 5.74) is 2.29. The number of nitrogens with one attached hydrogen (secondary N) is 1. The van der Waals surface area contributed by atoms with Crippen molar-refractivity contribution < 1.29 is 4.79 Å². The van der Waals surface area contributed by atoms with Crippen molar-refractivity contribution in [1.29, 1.82) is 0 Å². The molecule has 3 aromatic rings. The topological polar surface area (TPSA) is 59.8 Å². The first-order valence-electron chi connectivity index (χ1n) is 8.03. The van der Waals surface area contributed by atoms with Crippen molar-refractivity contribution in [2.75, 3.05) is 6.54 Å². The van der Waals surface area contributed by atoms with E-state index in [9.17, 15) is 4.79 Å². The molecule has 0 saturated carbocycles. The largest absolute Gasteiger partial charge is 0.354 e. The van der Waals surface area contributed by atoms with Gasteiger partial charge in [0.25, 0.3) is 0 Å². The Kier molecular flexibility index (Phi) is 5.35. The molecule has 0 spiro atoms. The van der Waals surface area contributed by atoms with Gasteiger partial charge in [0.15, 0.2) is 0 Å². The van der Waals surface area contributed by atoms with Gasteiger partial charge in [0, 0.05) is 18.9 Å². The van der Waals surface area contributed by atoms with E-state index >= 15 is 0 Å². The van der Waals surface area contributed by atoms with Crippen molar-refractivity contribution in [2.45, 2.75) is 18.9 Å². The maximum absolute atomic E-state index is 12.4. The van der Waals surface area contributed by atoms with Crippen LogP contribution in [0.25, 0.3) is 0 Å². The molecule has 1 aromatic heterocycles. The van der Waals surface area contributed by atoms with Crippen LogP contribution in [0.5, 0.6) is 0 Å². The molecule has 0 atom stereocenters. The van der Waals surface area contributed by atoms with Gasteiger partial charge in [0.1, 0.15) is 0 Å². The first-order valence-corrected chi connectivity index (χ1v) is 8.03. The van der Waals surface area contributed by atoms with Gasteiger partial charge in [-0.2, -0.15) is 15.0 Å². The lowest BCUT2D eigenvalue weighted by Crippen LogP contribution is -2.29. The van der Waals surface area contributed by atoms with Crippen molar-refractivity contribution >= 4 is 5.91 Å². The van der Waals surface area contributed by atoms with Crippen molar-refractivity contribution in [3.63, 3.8) is 0 Å². The number of carbonyl (C=O) groups is 1. The Hall–Kier alpha value is -2.95. The van der Waals surface area contributed by atoms with Crippen molar-refractivity contribution in [3.05, 3.63) is 84.2 Å². The Labute approximate surface area is 141 Å². The van der Waals surface area contributed by atoms with E-state index in [4.69, 9.17) is 0 Å². The monoisotopic (exact) mass is 320 g/mol. The molecule has 3 rings (SSSR count). The number of carbonyl (C=O) groups excluding carboxylic acids is 1. The highest BCUT2D eigenvalue weighted by Gasteiger charge is 2.17. The van der Waals surface area contributed by atoms with Crippen LogP contribution in [0, 0.1) is 0 Å². The molecule has 0 aliphatic heterocycles. The first kappa shape index (κ1) is 15.9. The van der Waals surface area contributed by atoms with Gasteiger partial charge in [-0.25, -0.2) is 0 Å². The highest BCUT2D eigenvalue weighted by molar-refractivity contribution is 5.77. The lowest BCUT2D eigenvalue weighted by molar-refractivity contribution is -0.121. The van der Waals surface area contributed by atoms with E-state index in [0.717, 1.165) is 11.1 Å². The number of nitrogens with zero attached hydrogens (tertiary/aromatic N) is 3. The first-order chi connectivity index (χ1) is 11.8. The number of benzene rings is 2. The normalized spacial score (nSPS) is 10.7. The number of hydrogen-bond acceptors (Lipinski definition) is 3. The molecular weight excluding hydrogens is 300 g/mol. The minimum absolute atomic E-state index is 0.0277. The third-order valence-corrected chi connectivity index (χ3v) is 3.89. The molecule has 0 unspecified atom stereocenters. The smallest absolute Gasteiger partial charge is 0.221 e. The SMILES string of the molecule is O=C(CC(c1ccccc1)c1ccccc1)NCCn1nccn1. The summed E-state index contributed by atoms with van der Waals surface area (Å²) >= 11 is 0. The molecule has 122 valence electrons. The molecule has 2 aromatic carbocycles. The van der Waals surface area contributed by atoms with Crippen LogP contribution < -0.4 is 5.32 Å². The van der Waals surface area contributed by atoms with E-state index in [1.165, 1.54) is 0 Å². The molecule has 5 nitrogen and oxygen atoms in total. The molecule has 0 radical (unpaired) electrons. The summed E-state index contributed by atoms with van der Waals surface area (Å²) in [6.07, 6.45) is 3.67. The van der Waals surface area contributed by atoms with Crippen LogP contribution in [0.1, 0.15) is 23.5 Å². The standard InChI is InChI=1S/C19H20N4O/c24-19(20-13-14-23-21-11-12-22-23)15-18(16-7-3-1-4-8-16)17-9-5-2-6-10-17/h1-12,18H,13-15H2,(H,20,24). The second kappa shape index (κ2) is 8.06. The van der Waals surface area contributed by atoms with Gasteiger partial charge in [-0.05, 0) is 11.1 Å². The van der Waals surface area contributed by atoms with Crippen LogP contribution in [0.2, 0.25) is 0 Å². The van der Waals surface area contributed by atoms with Crippen molar-refractivity contribution in [1.82, 2.24) is 20.3 Å². The highest BCUT2D eigenvalue weighted by Crippen LogP contribution is 2.27. The van der Waals surface area contributed by atoms with E-state index < -0.39 is 0 Å². The Morgan fingerprint density at radius 3 is 2.00 bits per heavy atom. The number of rotatable bonds is 7. The molecular formula is C19H20N4O. The third kappa shape index (κ3) is 4.29. The fourth-order valence-electron chi connectivity index (χ4n) is 2.71. The minimum Gasteiger partial charge on any atom is -0.354 e. The fraction of sp³-hybridized carbons (Fsp3) is 0.211. The van der Waals surface area contributed by atoms with Gasteiger partial charge >= 0.3 is 0 Å². The zero-order valence-electron chi connectivity index (χ0n) is 13.4. The fourth-order valence-corrected chi connectivity index (χ4v) is 2.71. The summed E-state index contributed by atoms with van der Waals surface area (Å²) in [6, 6.07) is 20.3. The maximum atomic E-state index is 12.4. The Morgan fingerprint density at radius 2 is 1.46 bits per heavy atom. The second-order valence-corrected chi connectivity index (χ2v) is 5.55. The predicted octanol–water partition coefficient (Wildman–Crippen LogP) is 2.62. The Balaban J connectivity index is 1.64. The summed E-state index contributed by atoms with van der Waals surface area (Å²) in [5, 5.41) is 11.0. The van der Waals surface area contributed by atoms with Gasteiger partial charge < -0.3 is 5.32 Å². The molecule has 0 bridgehead atoms. The molecule has 24 heavy (non-hydrogen) atoms. The van der Waals surface area contributed by atoms with Crippen molar-refractivity contribution in [2.24, 2.45) is 0 Å². The molecule has 1 heterocycles. The maximum Gasteiger partial charge on any atom is 0.221 e. The van der Waals surface area contributed by atoms with E-state index in [1.54, 1.807) is 17.2 Å². The zero-order valence-corrected chi connectivity index (χ0v) is 13.4. The number of amides is 1. The summed E-state index contributed by atoms with van der Waals surface area (Å²) in [6.45, 7) is 1.09. The van der Waals surface area contributed by atoms with Gasteiger partial charge in [0.05, 0.1) is 18.9 Å². The highest BCUT2D eigenvalue weighted by atomic mass is 16.1. The lowest BCUT2D eigenvalue weighted by Gasteiger charge is -2.18. The van der Waals surface area contributed by atoms with E-state index in [2.05, 4.69) is 39.8 Å². The van der Waals surface area contributed by atoms with Crippen LogP contribution in [-0.4, -0.2) is 27.4 Å². The molecule has 0 saturated heterocycles. The average Bonchev–Trinajstić information content (AvgIpc) is 3.15. The van der Waals surface area contributed by atoms with E-state index in [-0.39, 0.29) is 11.8 Å². The van der Waals surface area contributed by atoms with Crippen LogP contribution in [0.4, 0.5) is 0 Å². The Bertz CT molecular complexity index is 702. The van der Waals surface area contributed by atoms with Crippen LogP contribution >= 0.6 is 0 Å². The predicted molar refractivity (Wildman–Crippen MR) is 92.4 cm³/mol. The molecule has 1 N–H and O–H groups in total. The van der Waals surface area contributed by atoms with Crippen LogP contribution in [0.15, 0.2) is 73.1 Å². The third-order valence-electron chi connectivity index (χ3n) is 3.89. The van der Waals surface area contributed by atoms with E-state index in [0.29, 0.717) is 19.5 Å². The van der Waals surface area contributed by atoms with Gasteiger partial charge in [-0.3, -0.25) is 4.79 Å². The molecule has 1 amide bonds. The minimum atomic E-state index is 0.0277. The lowest BCUT2D eigenvalue weighted by atomic mass is 9.88. The molecule has 0 fully saturated rings. The summed E-state index contributed by atoms with van der Waals surface area (Å²) in [4.78, 5) is 13.9. The van der Waals surface area contributed by atoms with Gasteiger partial charge in [0.2, 0.25) is 5.91 Å². The number of hydrogen-bond donors (Lipinski definition) is 1. The van der Waals surface area contributed by atoms with Crippen molar-refractivity contribution in [3.8, 4) is 0 Å². The van der Waals surface area contributed by atoms with E-state index in [1.807, 2.05) is 36.4 Å². The Morgan fingerprint density at radius 1 is 0.917 bits per heavy atom. The number of aromatic nitrogens is 3. The molecule has 5 heteroatoms. The zero-order chi connectivity index (χ0) is 16.6. The van der Waals surface area contributed by atoms with Crippen LogP contribution in [0.3, 0.4) is 0 Å².